The van der Waals surface area contributed by atoms with Crippen LogP contribution in [0.2, 0.25) is 0 Å². The molecule has 4 rings (SSSR count). The first-order valence-corrected chi connectivity index (χ1v) is 10.3. The van der Waals surface area contributed by atoms with Crippen molar-refractivity contribution in [2.24, 2.45) is 0 Å². The molecule has 10 heteroatoms. The van der Waals surface area contributed by atoms with Crippen LogP contribution in [0.3, 0.4) is 0 Å². The minimum absolute atomic E-state index is 0.200. The van der Waals surface area contributed by atoms with Gasteiger partial charge in [0, 0.05) is 46.3 Å². The number of anilines is 1. The zero-order valence-corrected chi connectivity index (χ0v) is 17.6. The molecule has 3 aromatic heterocycles. The fraction of sp³-hybridized carbons (Fsp3) is 0.381. The van der Waals surface area contributed by atoms with Crippen LogP contribution >= 0.6 is 0 Å². The maximum atomic E-state index is 12.4. The van der Waals surface area contributed by atoms with Gasteiger partial charge in [-0.3, -0.25) is 24.0 Å². The van der Waals surface area contributed by atoms with Crippen LogP contribution in [-0.4, -0.2) is 63.6 Å². The molecule has 0 unspecified atom stereocenters. The first-order valence-electron chi connectivity index (χ1n) is 10.3. The average Bonchev–Trinajstić information content (AvgIpc) is 2.79. The van der Waals surface area contributed by atoms with Crippen LogP contribution < -0.4 is 21.5 Å². The highest BCUT2D eigenvalue weighted by Crippen LogP contribution is 2.17. The van der Waals surface area contributed by atoms with Gasteiger partial charge in [0.25, 0.3) is 11.5 Å². The van der Waals surface area contributed by atoms with Crippen molar-refractivity contribution in [3.8, 4) is 0 Å². The molecule has 1 saturated heterocycles. The summed E-state index contributed by atoms with van der Waals surface area (Å²) in [5.41, 5.74) is 1.77. The number of nitrogens with one attached hydrogen (secondary N) is 2. The SMILES string of the molecule is CCn1c(=O)[nH]c2nc(CN3CCN(c4ccc(C(=O)NC)nc4)CC3)ccc2c1=O. The van der Waals surface area contributed by atoms with Crippen molar-refractivity contribution >= 4 is 22.6 Å². The molecule has 1 fully saturated rings. The van der Waals surface area contributed by atoms with Crippen molar-refractivity contribution < 1.29 is 4.79 Å². The molecule has 0 radical (unpaired) electrons. The van der Waals surface area contributed by atoms with Crippen molar-refractivity contribution in [1.82, 2.24) is 29.7 Å². The van der Waals surface area contributed by atoms with Crippen LogP contribution in [0.4, 0.5) is 5.69 Å². The summed E-state index contributed by atoms with van der Waals surface area (Å²) in [5, 5.41) is 2.99. The van der Waals surface area contributed by atoms with Gasteiger partial charge in [0.1, 0.15) is 11.3 Å². The second kappa shape index (κ2) is 8.68. The second-order valence-corrected chi connectivity index (χ2v) is 7.42. The van der Waals surface area contributed by atoms with E-state index in [1.165, 1.54) is 4.57 Å². The van der Waals surface area contributed by atoms with Crippen LogP contribution in [0.25, 0.3) is 11.0 Å². The van der Waals surface area contributed by atoms with E-state index in [2.05, 4.69) is 30.1 Å². The van der Waals surface area contributed by atoms with Crippen molar-refractivity contribution in [2.45, 2.75) is 20.0 Å². The van der Waals surface area contributed by atoms with Crippen LogP contribution in [0.1, 0.15) is 23.1 Å². The van der Waals surface area contributed by atoms with E-state index in [1.807, 2.05) is 12.1 Å². The zero-order chi connectivity index (χ0) is 22.0. The van der Waals surface area contributed by atoms with E-state index in [0.29, 0.717) is 29.8 Å². The Bertz CT molecular complexity index is 1210. The summed E-state index contributed by atoms with van der Waals surface area (Å²) < 4.78 is 1.17. The molecule has 31 heavy (non-hydrogen) atoms. The number of aromatic nitrogens is 4. The topological polar surface area (TPSA) is 116 Å². The Labute approximate surface area is 178 Å². The van der Waals surface area contributed by atoms with Crippen LogP contribution in [0, 0.1) is 0 Å². The van der Waals surface area contributed by atoms with Crippen molar-refractivity contribution in [3.63, 3.8) is 0 Å². The molecular weight excluding hydrogens is 398 g/mol. The third-order valence-corrected chi connectivity index (χ3v) is 5.55. The number of carbonyl (C=O) groups is 1. The largest absolute Gasteiger partial charge is 0.368 e. The van der Waals surface area contributed by atoms with E-state index in [9.17, 15) is 14.4 Å². The van der Waals surface area contributed by atoms with E-state index >= 15 is 0 Å². The normalized spacial score (nSPS) is 14.7. The lowest BCUT2D eigenvalue weighted by molar-refractivity contribution is 0.0958. The molecule has 1 aliphatic rings. The smallest absolute Gasteiger partial charge is 0.329 e. The van der Waals surface area contributed by atoms with Gasteiger partial charge in [-0.15, -0.1) is 0 Å². The number of pyridine rings is 2. The number of amides is 1. The molecule has 4 heterocycles. The predicted molar refractivity (Wildman–Crippen MR) is 117 cm³/mol. The Morgan fingerprint density at radius 2 is 1.90 bits per heavy atom. The maximum absolute atomic E-state index is 12.4. The molecule has 162 valence electrons. The highest BCUT2D eigenvalue weighted by Gasteiger charge is 2.19. The number of rotatable bonds is 5. The highest BCUT2D eigenvalue weighted by molar-refractivity contribution is 5.92. The van der Waals surface area contributed by atoms with Gasteiger partial charge in [0.05, 0.1) is 23.0 Å². The second-order valence-electron chi connectivity index (χ2n) is 7.42. The molecule has 0 aromatic carbocycles. The van der Waals surface area contributed by atoms with Gasteiger partial charge in [0.15, 0.2) is 0 Å². The summed E-state index contributed by atoms with van der Waals surface area (Å²) in [5.74, 6) is -0.200. The highest BCUT2D eigenvalue weighted by atomic mass is 16.2. The summed E-state index contributed by atoms with van der Waals surface area (Å²) in [4.78, 5) is 52.0. The Hall–Kier alpha value is -3.53. The van der Waals surface area contributed by atoms with Crippen LogP contribution in [-0.2, 0) is 13.1 Å². The average molecular weight is 423 g/mol. The van der Waals surface area contributed by atoms with E-state index in [0.717, 1.165) is 37.6 Å². The molecule has 2 N–H and O–H groups in total. The molecule has 0 bridgehead atoms. The molecular formula is C21H25N7O3. The number of carbonyl (C=O) groups excluding carboxylic acids is 1. The lowest BCUT2D eigenvalue weighted by atomic mass is 10.2. The number of fused-ring (bicyclic) bond motifs is 1. The Kier molecular flexibility index (Phi) is 5.81. The lowest BCUT2D eigenvalue weighted by Gasteiger charge is -2.35. The van der Waals surface area contributed by atoms with Gasteiger partial charge in [0.2, 0.25) is 0 Å². The summed E-state index contributed by atoms with van der Waals surface area (Å²) >= 11 is 0. The van der Waals surface area contributed by atoms with Crippen molar-refractivity contribution in [3.05, 3.63) is 62.7 Å². The fourth-order valence-corrected chi connectivity index (χ4v) is 3.78. The molecule has 10 nitrogen and oxygen atoms in total. The van der Waals surface area contributed by atoms with Crippen LogP contribution in [0.15, 0.2) is 40.1 Å². The number of aromatic amines is 1. The standard InChI is InChI=1S/C21H25N7O3/c1-3-28-20(30)16-6-4-14(24-18(16)25-21(28)31)13-26-8-10-27(11-9-26)15-5-7-17(23-12-15)19(29)22-2/h4-7,12H,3,8-11,13H2,1-2H3,(H,22,29)(H,24,25,31). The summed E-state index contributed by atoms with van der Waals surface area (Å²) in [7, 11) is 1.58. The summed E-state index contributed by atoms with van der Waals surface area (Å²) in [6, 6.07) is 7.22. The van der Waals surface area contributed by atoms with Crippen LogP contribution in [0.5, 0.6) is 0 Å². The summed E-state index contributed by atoms with van der Waals surface area (Å²) in [6.45, 7) is 6.04. The molecule has 3 aromatic rings. The lowest BCUT2D eigenvalue weighted by Crippen LogP contribution is -2.46. The molecule has 0 saturated carbocycles. The van der Waals surface area contributed by atoms with Gasteiger partial charge >= 0.3 is 5.69 Å². The Balaban J connectivity index is 1.42. The zero-order valence-electron chi connectivity index (χ0n) is 17.6. The predicted octanol–water partition coefficient (Wildman–Crippen LogP) is 0.182. The maximum Gasteiger partial charge on any atom is 0.329 e. The van der Waals surface area contributed by atoms with Gasteiger partial charge in [-0.2, -0.15) is 0 Å². The van der Waals surface area contributed by atoms with Gasteiger partial charge < -0.3 is 10.2 Å². The molecule has 0 atom stereocenters. The summed E-state index contributed by atoms with van der Waals surface area (Å²) in [6.07, 6.45) is 1.73. The molecule has 0 aliphatic carbocycles. The van der Waals surface area contributed by atoms with E-state index in [-0.39, 0.29) is 11.5 Å². The molecule has 1 amide bonds. The number of piperazine rings is 1. The quantitative estimate of drug-likeness (QED) is 0.601. The third-order valence-electron chi connectivity index (χ3n) is 5.55. The number of nitrogens with zero attached hydrogens (tertiary/aromatic N) is 5. The minimum Gasteiger partial charge on any atom is -0.368 e. The number of hydrogen-bond donors (Lipinski definition) is 2. The Morgan fingerprint density at radius 3 is 2.55 bits per heavy atom. The number of hydrogen-bond acceptors (Lipinski definition) is 7. The van der Waals surface area contributed by atoms with Crippen molar-refractivity contribution in [1.29, 1.82) is 0 Å². The van der Waals surface area contributed by atoms with E-state index in [4.69, 9.17) is 0 Å². The van der Waals surface area contributed by atoms with Gasteiger partial charge in [-0.05, 0) is 31.2 Å². The third kappa shape index (κ3) is 4.19. The fourth-order valence-electron chi connectivity index (χ4n) is 3.78. The van der Waals surface area contributed by atoms with E-state index in [1.54, 1.807) is 32.3 Å². The first-order chi connectivity index (χ1) is 15.0. The molecule has 1 aliphatic heterocycles. The Morgan fingerprint density at radius 1 is 1.13 bits per heavy atom. The number of H-pyrrole nitrogens is 1. The van der Waals surface area contributed by atoms with E-state index < -0.39 is 5.69 Å². The monoisotopic (exact) mass is 423 g/mol. The minimum atomic E-state index is -0.436. The molecule has 0 spiro atoms. The van der Waals surface area contributed by atoms with Crippen molar-refractivity contribution in [2.75, 3.05) is 38.1 Å². The first kappa shape index (κ1) is 20.7. The van der Waals surface area contributed by atoms with Gasteiger partial charge in [-0.25, -0.2) is 14.8 Å². The van der Waals surface area contributed by atoms with Gasteiger partial charge in [-0.1, -0.05) is 0 Å².